The molecule has 0 aliphatic rings. The van der Waals surface area contributed by atoms with Gasteiger partial charge in [-0.2, -0.15) is 0 Å². The largest absolute Gasteiger partial charge is 0.349 e. The topological polar surface area (TPSA) is 20.3 Å². The van der Waals surface area contributed by atoms with E-state index in [9.17, 15) is 18.0 Å². The first-order valence-corrected chi connectivity index (χ1v) is 4.26. The van der Waals surface area contributed by atoms with Crippen molar-refractivity contribution in [2.75, 3.05) is 14.1 Å². The molecule has 0 radical (unpaired) electrons. The van der Waals surface area contributed by atoms with E-state index in [1.807, 2.05) is 0 Å². The molecule has 0 unspecified atom stereocenters. The third-order valence-electron chi connectivity index (χ3n) is 1.96. The van der Waals surface area contributed by atoms with Crippen molar-refractivity contribution in [1.29, 1.82) is 0 Å². The molecule has 0 atom stereocenters. The van der Waals surface area contributed by atoms with Crippen LogP contribution in [0, 0.1) is 17.5 Å². The van der Waals surface area contributed by atoms with Crippen LogP contribution in [-0.2, 0) is 11.2 Å². The molecule has 5 heteroatoms. The lowest BCUT2D eigenvalue weighted by molar-refractivity contribution is -0.128. The molecule has 0 fully saturated rings. The molecular formula is C10H10F3NO. The van der Waals surface area contributed by atoms with Gasteiger partial charge in [0.2, 0.25) is 5.91 Å². The molecule has 0 bridgehead atoms. The van der Waals surface area contributed by atoms with Crippen molar-refractivity contribution in [1.82, 2.24) is 4.90 Å². The number of carbonyl (C=O) groups is 1. The number of amides is 1. The summed E-state index contributed by atoms with van der Waals surface area (Å²) in [7, 11) is 3.00. The van der Waals surface area contributed by atoms with Gasteiger partial charge in [-0.3, -0.25) is 4.79 Å². The molecule has 0 saturated heterocycles. The van der Waals surface area contributed by atoms with Crippen LogP contribution in [-0.4, -0.2) is 24.9 Å². The van der Waals surface area contributed by atoms with Crippen LogP contribution in [0.1, 0.15) is 5.56 Å². The molecule has 1 aromatic rings. The number of nitrogens with zero attached hydrogens (tertiary/aromatic N) is 1. The molecule has 0 saturated carbocycles. The number of hydrogen-bond donors (Lipinski definition) is 0. The molecule has 1 aromatic carbocycles. The summed E-state index contributed by atoms with van der Waals surface area (Å²) >= 11 is 0. The molecule has 0 heterocycles. The van der Waals surface area contributed by atoms with Gasteiger partial charge in [-0.1, -0.05) is 6.07 Å². The lowest BCUT2D eigenvalue weighted by atomic mass is 10.1. The number of rotatable bonds is 2. The Balaban J connectivity index is 2.97. The standard InChI is InChI=1S/C10H10F3NO/c1-14(2)8(15)5-6-3-4-7(11)10(13)9(6)12/h3-4H,5H2,1-2H3. The highest BCUT2D eigenvalue weighted by atomic mass is 19.2. The molecule has 0 spiro atoms. The smallest absolute Gasteiger partial charge is 0.226 e. The fourth-order valence-electron chi connectivity index (χ4n) is 1.02. The molecule has 1 rings (SSSR count). The summed E-state index contributed by atoms with van der Waals surface area (Å²) in [4.78, 5) is 12.5. The zero-order valence-electron chi connectivity index (χ0n) is 8.35. The van der Waals surface area contributed by atoms with Crippen molar-refractivity contribution in [3.05, 3.63) is 35.1 Å². The van der Waals surface area contributed by atoms with E-state index in [-0.39, 0.29) is 17.9 Å². The Morgan fingerprint density at radius 1 is 1.20 bits per heavy atom. The Hall–Kier alpha value is -1.52. The summed E-state index contributed by atoms with van der Waals surface area (Å²) < 4.78 is 38.4. The molecule has 0 aliphatic carbocycles. The maximum absolute atomic E-state index is 13.1. The molecule has 15 heavy (non-hydrogen) atoms. The number of hydrogen-bond acceptors (Lipinski definition) is 1. The normalized spacial score (nSPS) is 10.2. The third-order valence-corrected chi connectivity index (χ3v) is 1.96. The third kappa shape index (κ3) is 2.49. The Labute approximate surface area is 85.3 Å². The second-order valence-corrected chi connectivity index (χ2v) is 3.30. The highest BCUT2D eigenvalue weighted by Crippen LogP contribution is 2.15. The first-order chi connectivity index (χ1) is 6.93. The summed E-state index contributed by atoms with van der Waals surface area (Å²) in [5.74, 6) is -4.47. The summed E-state index contributed by atoms with van der Waals surface area (Å²) in [6, 6.07) is 1.87. The van der Waals surface area contributed by atoms with E-state index in [0.717, 1.165) is 12.1 Å². The zero-order chi connectivity index (χ0) is 11.6. The zero-order valence-corrected chi connectivity index (χ0v) is 8.35. The fourth-order valence-corrected chi connectivity index (χ4v) is 1.02. The summed E-state index contributed by atoms with van der Waals surface area (Å²) in [5.41, 5.74) is -0.146. The minimum Gasteiger partial charge on any atom is -0.349 e. The van der Waals surface area contributed by atoms with Crippen molar-refractivity contribution in [2.45, 2.75) is 6.42 Å². The predicted octanol–water partition coefficient (Wildman–Crippen LogP) is 1.73. The van der Waals surface area contributed by atoms with E-state index in [0.29, 0.717) is 0 Å². The number of carbonyl (C=O) groups excluding carboxylic acids is 1. The Morgan fingerprint density at radius 2 is 1.80 bits per heavy atom. The van der Waals surface area contributed by atoms with Crippen molar-refractivity contribution >= 4 is 5.91 Å². The van der Waals surface area contributed by atoms with Gasteiger partial charge in [0.1, 0.15) is 0 Å². The van der Waals surface area contributed by atoms with Gasteiger partial charge in [0.25, 0.3) is 0 Å². The maximum Gasteiger partial charge on any atom is 0.226 e. The number of halogens is 3. The Bertz CT molecular complexity index is 390. The number of benzene rings is 1. The van der Waals surface area contributed by atoms with Gasteiger partial charge < -0.3 is 4.90 Å². The van der Waals surface area contributed by atoms with Crippen molar-refractivity contribution in [2.24, 2.45) is 0 Å². The van der Waals surface area contributed by atoms with Crippen LogP contribution in [0.2, 0.25) is 0 Å². The van der Waals surface area contributed by atoms with Gasteiger partial charge >= 0.3 is 0 Å². The van der Waals surface area contributed by atoms with Crippen LogP contribution >= 0.6 is 0 Å². The average molecular weight is 217 g/mol. The van der Waals surface area contributed by atoms with Gasteiger partial charge in [0.05, 0.1) is 6.42 Å². The van der Waals surface area contributed by atoms with Gasteiger partial charge in [0.15, 0.2) is 17.5 Å². The van der Waals surface area contributed by atoms with Gasteiger partial charge in [-0.15, -0.1) is 0 Å². The van der Waals surface area contributed by atoms with Gasteiger partial charge in [-0.25, -0.2) is 13.2 Å². The SMILES string of the molecule is CN(C)C(=O)Cc1ccc(F)c(F)c1F. The molecule has 0 aromatic heterocycles. The molecule has 2 nitrogen and oxygen atoms in total. The monoisotopic (exact) mass is 217 g/mol. The molecule has 82 valence electrons. The van der Waals surface area contributed by atoms with Crippen LogP contribution in [0.4, 0.5) is 13.2 Å². The van der Waals surface area contributed by atoms with E-state index >= 15 is 0 Å². The first-order valence-electron chi connectivity index (χ1n) is 4.26. The molecule has 1 amide bonds. The van der Waals surface area contributed by atoms with Crippen LogP contribution in [0.25, 0.3) is 0 Å². The minimum atomic E-state index is -1.54. The van der Waals surface area contributed by atoms with Crippen LogP contribution in [0.3, 0.4) is 0 Å². The van der Waals surface area contributed by atoms with Crippen molar-refractivity contribution in [3.63, 3.8) is 0 Å². The van der Waals surface area contributed by atoms with E-state index < -0.39 is 17.5 Å². The second kappa shape index (κ2) is 4.33. The summed E-state index contributed by atoms with van der Waals surface area (Å²) in [6.45, 7) is 0. The van der Waals surface area contributed by atoms with Crippen LogP contribution < -0.4 is 0 Å². The van der Waals surface area contributed by atoms with Crippen LogP contribution in [0.15, 0.2) is 12.1 Å². The van der Waals surface area contributed by atoms with Crippen molar-refractivity contribution in [3.8, 4) is 0 Å². The highest BCUT2D eigenvalue weighted by Gasteiger charge is 2.16. The van der Waals surface area contributed by atoms with E-state index in [4.69, 9.17) is 0 Å². The van der Waals surface area contributed by atoms with E-state index in [1.54, 1.807) is 0 Å². The molecule has 0 N–H and O–H groups in total. The lowest BCUT2D eigenvalue weighted by Crippen LogP contribution is -2.24. The number of likely N-dealkylation sites (N-methyl/N-ethyl adjacent to an activating group) is 1. The molecule has 0 aliphatic heterocycles. The highest BCUT2D eigenvalue weighted by molar-refractivity contribution is 5.78. The lowest BCUT2D eigenvalue weighted by Gasteiger charge is -2.10. The summed E-state index contributed by atoms with van der Waals surface area (Å²) in [5, 5.41) is 0. The van der Waals surface area contributed by atoms with Crippen molar-refractivity contribution < 1.29 is 18.0 Å². The van der Waals surface area contributed by atoms with Gasteiger partial charge in [-0.05, 0) is 6.07 Å². The summed E-state index contributed by atoms with van der Waals surface area (Å²) in [6.07, 6.45) is -0.282. The average Bonchev–Trinajstić information content (AvgIpc) is 2.18. The maximum atomic E-state index is 13.1. The Morgan fingerprint density at radius 3 is 2.33 bits per heavy atom. The molecular weight excluding hydrogens is 207 g/mol. The fraction of sp³-hybridized carbons (Fsp3) is 0.300. The van der Waals surface area contributed by atoms with Gasteiger partial charge in [0, 0.05) is 19.7 Å². The van der Waals surface area contributed by atoms with E-state index in [2.05, 4.69) is 0 Å². The van der Waals surface area contributed by atoms with E-state index in [1.165, 1.54) is 19.0 Å². The van der Waals surface area contributed by atoms with Crippen LogP contribution in [0.5, 0.6) is 0 Å². The predicted molar refractivity (Wildman–Crippen MR) is 48.7 cm³/mol. The second-order valence-electron chi connectivity index (χ2n) is 3.30. The first kappa shape index (κ1) is 11.6. The Kier molecular flexibility index (Phi) is 3.34. The minimum absolute atomic E-state index is 0.146. The quantitative estimate of drug-likeness (QED) is 0.691.